The van der Waals surface area contributed by atoms with Crippen molar-refractivity contribution in [2.45, 2.75) is 51.7 Å². The van der Waals surface area contributed by atoms with Gasteiger partial charge in [-0.05, 0) is 49.1 Å². The maximum Gasteiger partial charge on any atom is 0.262 e. The molecule has 0 aromatic heterocycles. The minimum Gasteiger partial charge on any atom is -0.490 e. The predicted octanol–water partition coefficient (Wildman–Crippen LogP) is 5.02. The van der Waals surface area contributed by atoms with Gasteiger partial charge in [0.2, 0.25) is 0 Å². The minimum absolute atomic E-state index is 0.0981. The molecule has 0 spiro atoms. The van der Waals surface area contributed by atoms with E-state index < -0.39 is 0 Å². The standard InChI is InChI=1S/C25H28N2O3/c1-2-29-24-16-20(13-14-23(24)30-18-19-9-5-3-6-10-19)15-21(17-26)25(28)27-22-11-7-4-8-12-22/h3,5-6,9-10,13-16,22H,2,4,7-8,11-12,18H2,1H3,(H,27,28)/b21-15+. The second-order valence-corrected chi connectivity index (χ2v) is 7.39. The van der Waals surface area contributed by atoms with E-state index in [1.807, 2.05) is 55.5 Å². The predicted molar refractivity (Wildman–Crippen MR) is 117 cm³/mol. The van der Waals surface area contributed by atoms with Crippen molar-refractivity contribution in [2.24, 2.45) is 0 Å². The molecule has 2 aromatic carbocycles. The van der Waals surface area contributed by atoms with Crippen molar-refractivity contribution < 1.29 is 14.3 Å². The van der Waals surface area contributed by atoms with Gasteiger partial charge in [-0.3, -0.25) is 4.79 Å². The van der Waals surface area contributed by atoms with Gasteiger partial charge in [-0.2, -0.15) is 5.26 Å². The number of ether oxygens (including phenoxy) is 2. The molecule has 0 atom stereocenters. The second-order valence-electron chi connectivity index (χ2n) is 7.39. The fraction of sp³-hybridized carbons (Fsp3) is 0.360. The van der Waals surface area contributed by atoms with Gasteiger partial charge in [-0.1, -0.05) is 55.7 Å². The van der Waals surface area contributed by atoms with Crippen LogP contribution in [0, 0.1) is 11.3 Å². The fourth-order valence-electron chi connectivity index (χ4n) is 3.56. The molecule has 1 fully saturated rings. The van der Waals surface area contributed by atoms with Gasteiger partial charge >= 0.3 is 0 Å². The Balaban J connectivity index is 1.72. The Morgan fingerprint density at radius 2 is 1.87 bits per heavy atom. The molecule has 3 rings (SSSR count). The number of hydrogen-bond acceptors (Lipinski definition) is 4. The minimum atomic E-state index is -0.313. The summed E-state index contributed by atoms with van der Waals surface area (Å²) in [7, 11) is 0. The fourth-order valence-corrected chi connectivity index (χ4v) is 3.56. The van der Waals surface area contributed by atoms with Gasteiger partial charge in [-0.15, -0.1) is 0 Å². The third-order valence-corrected chi connectivity index (χ3v) is 5.12. The highest BCUT2D eigenvalue weighted by atomic mass is 16.5. The largest absolute Gasteiger partial charge is 0.490 e. The van der Waals surface area contributed by atoms with E-state index in [0.717, 1.165) is 36.8 Å². The maximum atomic E-state index is 12.5. The van der Waals surface area contributed by atoms with Crippen LogP contribution >= 0.6 is 0 Å². The number of benzene rings is 2. The SMILES string of the molecule is CCOc1cc(/C=C(\C#N)C(=O)NC2CCCCC2)ccc1OCc1ccccc1. The monoisotopic (exact) mass is 404 g/mol. The van der Waals surface area contributed by atoms with Crippen LogP contribution in [0.5, 0.6) is 11.5 Å². The van der Waals surface area contributed by atoms with E-state index in [0.29, 0.717) is 24.7 Å². The first-order valence-electron chi connectivity index (χ1n) is 10.6. The molecule has 5 nitrogen and oxygen atoms in total. The number of nitrogens with zero attached hydrogens (tertiary/aromatic N) is 1. The van der Waals surface area contributed by atoms with Crippen molar-refractivity contribution in [3.63, 3.8) is 0 Å². The Bertz CT molecular complexity index is 910. The number of rotatable bonds is 8. The van der Waals surface area contributed by atoms with E-state index in [4.69, 9.17) is 9.47 Å². The van der Waals surface area contributed by atoms with Crippen molar-refractivity contribution in [3.8, 4) is 17.6 Å². The van der Waals surface area contributed by atoms with Crippen LogP contribution in [0.2, 0.25) is 0 Å². The lowest BCUT2D eigenvalue weighted by molar-refractivity contribution is -0.117. The van der Waals surface area contributed by atoms with E-state index in [-0.39, 0.29) is 17.5 Å². The van der Waals surface area contributed by atoms with E-state index in [1.165, 1.54) is 6.42 Å². The van der Waals surface area contributed by atoms with Gasteiger partial charge in [0.1, 0.15) is 18.2 Å². The first-order chi connectivity index (χ1) is 14.7. The van der Waals surface area contributed by atoms with Crippen LogP contribution in [-0.4, -0.2) is 18.6 Å². The third kappa shape index (κ3) is 6.12. The maximum absolute atomic E-state index is 12.5. The lowest BCUT2D eigenvalue weighted by Gasteiger charge is -2.22. The quantitative estimate of drug-likeness (QED) is 0.495. The zero-order valence-electron chi connectivity index (χ0n) is 17.4. The number of carbonyl (C=O) groups excluding carboxylic acids is 1. The normalized spacial score (nSPS) is 14.6. The molecule has 2 aromatic rings. The lowest BCUT2D eigenvalue weighted by Crippen LogP contribution is -2.36. The number of amides is 1. The van der Waals surface area contributed by atoms with Crippen LogP contribution in [0.1, 0.15) is 50.2 Å². The molecule has 1 amide bonds. The Kier molecular flexibility index (Phi) is 7.91. The number of hydrogen-bond donors (Lipinski definition) is 1. The van der Waals surface area contributed by atoms with Crippen molar-refractivity contribution in [1.29, 1.82) is 5.26 Å². The first-order valence-corrected chi connectivity index (χ1v) is 10.6. The van der Waals surface area contributed by atoms with Gasteiger partial charge in [0.05, 0.1) is 6.61 Å². The van der Waals surface area contributed by atoms with E-state index in [1.54, 1.807) is 12.1 Å². The van der Waals surface area contributed by atoms with Crippen LogP contribution < -0.4 is 14.8 Å². The summed E-state index contributed by atoms with van der Waals surface area (Å²) in [5.74, 6) is 0.905. The first kappa shape index (κ1) is 21.4. The van der Waals surface area contributed by atoms with Gasteiger partial charge in [0.25, 0.3) is 5.91 Å². The summed E-state index contributed by atoms with van der Waals surface area (Å²) >= 11 is 0. The Morgan fingerprint density at radius 1 is 1.10 bits per heavy atom. The molecule has 156 valence electrons. The highest BCUT2D eigenvalue weighted by molar-refractivity contribution is 6.01. The molecule has 30 heavy (non-hydrogen) atoms. The molecule has 1 saturated carbocycles. The highest BCUT2D eigenvalue weighted by Crippen LogP contribution is 2.30. The molecule has 0 aliphatic heterocycles. The summed E-state index contributed by atoms with van der Waals surface area (Å²) in [4.78, 5) is 12.5. The van der Waals surface area contributed by atoms with Crippen LogP contribution in [-0.2, 0) is 11.4 Å². The number of carbonyl (C=O) groups is 1. The summed E-state index contributed by atoms with van der Waals surface area (Å²) in [5.41, 5.74) is 1.89. The molecule has 1 N–H and O–H groups in total. The van der Waals surface area contributed by atoms with E-state index >= 15 is 0 Å². The van der Waals surface area contributed by atoms with E-state index in [2.05, 4.69) is 5.32 Å². The average molecular weight is 405 g/mol. The summed E-state index contributed by atoms with van der Waals surface area (Å²) in [5, 5.41) is 12.5. The lowest BCUT2D eigenvalue weighted by atomic mass is 9.95. The zero-order valence-corrected chi connectivity index (χ0v) is 17.4. The molecule has 0 bridgehead atoms. The summed E-state index contributed by atoms with van der Waals surface area (Å²) in [6.45, 7) is 2.83. The molecule has 0 saturated heterocycles. The van der Waals surface area contributed by atoms with Crippen LogP contribution in [0.15, 0.2) is 54.1 Å². The van der Waals surface area contributed by atoms with Crippen LogP contribution in [0.25, 0.3) is 6.08 Å². The molecule has 5 heteroatoms. The highest BCUT2D eigenvalue weighted by Gasteiger charge is 2.18. The smallest absolute Gasteiger partial charge is 0.262 e. The van der Waals surface area contributed by atoms with Gasteiger partial charge in [-0.25, -0.2) is 0 Å². The Morgan fingerprint density at radius 3 is 2.57 bits per heavy atom. The third-order valence-electron chi connectivity index (χ3n) is 5.12. The molecule has 0 heterocycles. The van der Waals surface area contributed by atoms with Crippen LogP contribution in [0.3, 0.4) is 0 Å². The molecular formula is C25H28N2O3. The molecule has 0 radical (unpaired) electrons. The number of nitrogens with one attached hydrogen (secondary N) is 1. The second kappa shape index (κ2) is 11.1. The molecular weight excluding hydrogens is 376 g/mol. The number of nitriles is 1. The van der Waals surface area contributed by atoms with E-state index in [9.17, 15) is 10.1 Å². The van der Waals surface area contributed by atoms with Crippen molar-refractivity contribution in [3.05, 3.63) is 65.2 Å². The molecule has 1 aliphatic rings. The summed E-state index contributed by atoms with van der Waals surface area (Å²) < 4.78 is 11.6. The Labute approximate surface area is 178 Å². The molecule has 1 aliphatic carbocycles. The zero-order chi connectivity index (χ0) is 21.2. The van der Waals surface area contributed by atoms with Crippen molar-refractivity contribution in [1.82, 2.24) is 5.32 Å². The van der Waals surface area contributed by atoms with Gasteiger partial charge in [0, 0.05) is 6.04 Å². The molecule has 0 unspecified atom stereocenters. The Hall–Kier alpha value is -3.26. The van der Waals surface area contributed by atoms with Gasteiger partial charge < -0.3 is 14.8 Å². The average Bonchev–Trinajstić information content (AvgIpc) is 2.78. The van der Waals surface area contributed by atoms with Crippen molar-refractivity contribution >= 4 is 12.0 Å². The van der Waals surface area contributed by atoms with Crippen molar-refractivity contribution in [2.75, 3.05) is 6.61 Å². The van der Waals surface area contributed by atoms with Gasteiger partial charge in [0.15, 0.2) is 11.5 Å². The summed E-state index contributed by atoms with van der Waals surface area (Å²) in [6.07, 6.45) is 7.02. The van der Waals surface area contributed by atoms with Crippen LogP contribution in [0.4, 0.5) is 0 Å². The summed E-state index contributed by atoms with van der Waals surface area (Å²) in [6, 6.07) is 17.5. The topological polar surface area (TPSA) is 71.3 Å².